The molecule has 0 bridgehead atoms. The molecule has 0 radical (unpaired) electrons. The van der Waals surface area contributed by atoms with Gasteiger partial charge in [0, 0.05) is 13.1 Å². The first-order valence-corrected chi connectivity index (χ1v) is 5.58. The van der Waals surface area contributed by atoms with Crippen LogP contribution in [0.4, 0.5) is 11.5 Å². The minimum absolute atomic E-state index is 0.181. The standard InChI is InChI=1S/C9H16N6O3/c1-6-11-8(10)7(9(16)12-6)13-2-4-14(5-3-13)15(17)18/h15,17H,2-5H2,1H3,(H3,10,11,12,16). The van der Waals surface area contributed by atoms with Gasteiger partial charge in [-0.1, -0.05) is 0 Å². The number of nitrogens with one attached hydrogen (secondary N) is 2. The predicted molar refractivity (Wildman–Crippen MR) is 63.9 cm³/mol. The number of hydrogen-bond donors (Lipinski definition) is 4. The van der Waals surface area contributed by atoms with E-state index in [1.807, 2.05) is 0 Å². The van der Waals surface area contributed by atoms with Crippen molar-refractivity contribution in [2.45, 2.75) is 6.92 Å². The van der Waals surface area contributed by atoms with Crippen molar-refractivity contribution < 1.29 is 10.5 Å². The molecule has 9 nitrogen and oxygen atoms in total. The average molecular weight is 256 g/mol. The number of quaternary nitrogens is 1. The lowest BCUT2D eigenvalue weighted by Gasteiger charge is -2.36. The highest BCUT2D eigenvalue weighted by molar-refractivity contribution is 5.62. The highest BCUT2D eigenvalue weighted by Gasteiger charge is 2.24. The normalized spacial score (nSPS) is 18.9. The molecule has 0 spiro atoms. The van der Waals surface area contributed by atoms with Crippen LogP contribution in [0.2, 0.25) is 0 Å². The molecule has 0 saturated carbocycles. The third-order valence-corrected chi connectivity index (χ3v) is 2.91. The number of aryl methyl sites for hydroxylation is 1. The fraction of sp³-hybridized carbons (Fsp3) is 0.556. The number of aromatic amines is 1. The molecule has 1 atom stereocenters. The van der Waals surface area contributed by atoms with Gasteiger partial charge in [-0.15, -0.1) is 10.3 Å². The lowest BCUT2D eigenvalue weighted by molar-refractivity contribution is -1.14. The number of nitrogens with zero attached hydrogens (tertiary/aromatic N) is 3. The van der Waals surface area contributed by atoms with E-state index in [0.29, 0.717) is 37.7 Å². The topological polar surface area (TPSA) is 126 Å². The van der Waals surface area contributed by atoms with Crippen molar-refractivity contribution in [1.29, 1.82) is 0 Å². The highest BCUT2D eigenvalue weighted by atomic mass is 16.8. The molecule has 18 heavy (non-hydrogen) atoms. The summed E-state index contributed by atoms with van der Waals surface area (Å²) in [6.07, 6.45) is 0. The minimum atomic E-state index is -0.946. The van der Waals surface area contributed by atoms with E-state index >= 15 is 0 Å². The molecular weight excluding hydrogens is 240 g/mol. The van der Waals surface area contributed by atoms with Gasteiger partial charge in [0.25, 0.3) is 5.56 Å². The van der Waals surface area contributed by atoms with Crippen LogP contribution in [-0.2, 0) is 0 Å². The van der Waals surface area contributed by atoms with Gasteiger partial charge in [-0.05, 0) is 6.92 Å². The first-order chi connectivity index (χ1) is 8.49. The van der Waals surface area contributed by atoms with Gasteiger partial charge in [-0.25, -0.2) is 4.98 Å². The van der Waals surface area contributed by atoms with Crippen molar-refractivity contribution in [3.05, 3.63) is 21.4 Å². The van der Waals surface area contributed by atoms with Gasteiger partial charge in [0.05, 0.1) is 13.1 Å². The van der Waals surface area contributed by atoms with Gasteiger partial charge >= 0.3 is 0 Å². The van der Waals surface area contributed by atoms with Crippen LogP contribution in [0.15, 0.2) is 4.79 Å². The van der Waals surface area contributed by atoms with E-state index in [1.165, 1.54) is 5.01 Å². The third kappa shape index (κ3) is 2.43. The zero-order valence-electron chi connectivity index (χ0n) is 10.0. The maximum atomic E-state index is 11.8. The zero-order valence-corrected chi connectivity index (χ0v) is 10.0. The molecule has 1 aliphatic rings. The Hall–Kier alpha value is -1.68. The van der Waals surface area contributed by atoms with Gasteiger partial charge in [0.15, 0.2) is 5.82 Å². The monoisotopic (exact) mass is 256 g/mol. The van der Waals surface area contributed by atoms with E-state index in [1.54, 1.807) is 11.8 Å². The molecule has 1 aromatic rings. The van der Waals surface area contributed by atoms with Gasteiger partial charge < -0.3 is 20.8 Å². The summed E-state index contributed by atoms with van der Waals surface area (Å²) >= 11 is 0. The van der Waals surface area contributed by atoms with Gasteiger partial charge in [0.2, 0.25) is 0 Å². The van der Waals surface area contributed by atoms with Crippen LogP contribution in [0.1, 0.15) is 5.82 Å². The van der Waals surface area contributed by atoms with Crippen molar-refractivity contribution in [1.82, 2.24) is 15.0 Å². The van der Waals surface area contributed by atoms with Crippen LogP contribution >= 0.6 is 0 Å². The van der Waals surface area contributed by atoms with Gasteiger partial charge in [-0.3, -0.25) is 4.79 Å². The molecule has 1 aliphatic heterocycles. The van der Waals surface area contributed by atoms with Gasteiger partial charge in [0.1, 0.15) is 11.5 Å². The van der Waals surface area contributed by atoms with Crippen LogP contribution in [0, 0.1) is 12.1 Å². The molecule has 1 unspecified atom stereocenters. The lowest BCUT2D eigenvalue weighted by Crippen LogP contribution is -3.12. The Labute approximate surface area is 103 Å². The number of rotatable bonds is 2. The fourth-order valence-corrected chi connectivity index (χ4v) is 2.03. The number of nitrogens with two attached hydrogens (primary N) is 1. The first-order valence-electron chi connectivity index (χ1n) is 5.58. The number of hydrogen-bond acceptors (Lipinski definition) is 7. The second kappa shape index (κ2) is 4.90. The summed E-state index contributed by atoms with van der Waals surface area (Å²) in [6, 6.07) is 0. The highest BCUT2D eigenvalue weighted by Crippen LogP contribution is 2.16. The van der Waals surface area contributed by atoms with E-state index in [4.69, 9.17) is 10.9 Å². The Morgan fingerprint density at radius 1 is 1.44 bits per heavy atom. The van der Waals surface area contributed by atoms with E-state index < -0.39 is 5.34 Å². The minimum Gasteiger partial charge on any atom is -0.579 e. The summed E-state index contributed by atoms with van der Waals surface area (Å²) in [7, 11) is 0. The summed E-state index contributed by atoms with van der Waals surface area (Å²) in [5.41, 5.74) is 5.78. The Kier molecular flexibility index (Phi) is 3.48. The van der Waals surface area contributed by atoms with E-state index in [-0.39, 0.29) is 11.4 Å². The maximum absolute atomic E-state index is 11.8. The first kappa shape index (κ1) is 12.8. The SMILES string of the molecule is Cc1nc(N)c(N2CCN([NH+]([O-])O)CC2)c(=O)[nH]1. The molecule has 1 saturated heterocycles. The Morgan fingerprint density at radius 2 is 2.06 bits per heavy atom. The molecule has 1 fully saturated rings. The summed E-state index contributed by atoms with van der Waals surface area (Å²) in [6.45, 7) is 3.22. The lowest BCUT2D eigenvalue weighted by atomic mass is 10.3. The second-order valence-corrected chi connectivity index (χ2v) is 4.14. The van der Waals surface area contributed by atoms with Crippen molar-refractivity contribution in [2.24, 2.45) is 0 Å². The quantitative estimate of drug-likeness (QED) is 0.430. The number of aromatic nitrogens is 2. The largest absolute Gasteiger partial charge is 0.579 e. The average Bonchev–Trinajstić information content (AvgIpc) is 2.28. The molecular formula is C9H16N6O3. The van der Waals surface area contributed by atoms with Crippen molar-refractivity contribution in [2.75, 3.05) is 36.8 Å². The van der Waals surface area contributed by atoms with Crippen LogP contribution in [0.25, 0.3) is 0 Å². The number of nitrogen functional groups attached to an aromatic ring is 1. The molecule has 100 valence electrons. The Morgan fingerprint density at radius 3 is 2.56 bits per heavy atom. The summed E-state index contributed by atoms with van der Waals surface area (Å²) < 4.78 is 0. The van der Waals surface area contributed by atoms with E-state index in [0.717, 1.165) is 0 Å². The Balaban J connectivity index is 2.18. The summed E-state index contributed by atoms with van der Waals surface area (Å²) in [4.78, 5) is 20.2. The number of piperazine rings is 1. The van der Waals surface area contributed by atoms with Crippen molar-refractivity contribution in [3.8, 4) is 0 Å². The van der Waals surface area contributed by atoms with Gasteiger partial charge in [-0.2, -0.15) is 5.21 Å². The molecule has 0 aliphatic carbocycles. The molecule has 0 aromatic carbocycles. The predicted octanol–water partition coefficient (Wildman–Crippen LogP) is -2.53. The smallest absolute Gasteiger partial charge is 0.276 e. The van der Waals surface area contributed by atoms with Crippen LogP contribution in [0.3, 0.4) is 0 Å². The summed E-state index contributed by atoms with van der Waals surface area (Å²) in [5, 5.41) is 20.0. The summed E-state index contributed by atoms with van der Waals surface area (Å²) in [5.74, 6) is 0.644. The van der Waals surface area contributed by atoms with Crippen molar-refractivity contribution >= 4 is 11.5 Å². The fourth-order valence-electron chi connectivity index (χ4n) is 2.03. The molecule has 5 N–H and O–H groups in total. The molecule has 9 heteroatoms. The number of H-pyrrole nitrogens is 1. The zero-order chi connectivity index (χ0) is 13.3. The third-order valence-electron chi connectivity index (χ3n) is 2.91. The Bertz CT molecular complexity index is 480. The van der Waals surface area contributed by atoms with E-state index in [9.17, 15) is 10.0 Å². The van der Waals surface area contributed by atoms with Crippen LogP contribution < -0.4 is 21.5 Å². The molecule has 0 amide bonds. The second-order valence-electron chi connectivity index (χ2n) is 4.14. The van der Waals surface area contributed by atoms with Crippen LogP contribution in [0.5, 0.6) is 0 Å². The van der Waals surface area contributed by atoms with E-state index in [2.05, 4.69) is 9.97 Å². The van der Waals surface area contributed by atoms with Crippen LogP contribution in [-0.4, -0.2) is 46.4 Å². The molecule has 1 aromatic heterocycles. The molecule has 2 heterocycles. The maximum Gasteiger partial charge on any atom is 0.276 e. The molecule has 2 rings (SSSR count). The number of anilines is 2. The van der Waals surface area contributed by atoms with Crippen molar-refractivity contribution in [3.63, 3.8) is 0 Å².